The molecule has 0 saturated carbocycles. The quantitative estimate of drug-likeness (QED) is 0.541. The number of hydrogen-bond acceptors (Lipinski definition) is 5. The fraction of sp³-hybridized carbons (Fsp3) is 0.368. The minimum Gasteiger partial charge on any atom is -0.368 e. The van der Waals surface area contributed by atoms with Crippen LogP contribution in [-0.2, 0) is 13.1 Å². The Bertz CT molecular complexity index is 1060. The predicted molar refractivity (Wildman–Crippen MR) is 103 cm³/mol. The van der Waals surface area contributed by atoms with Crippen LogP contribution in [0.15, 0.2) is 30.5 Å². The first kappa shape index (κ1) is 16.5. The Balaban J connectivity index is 1.49. The predicted octanol–water partition coefficient (Wildman–Crippen LogP) is 3.31. The van der Waals surface area contributed by atoms with Gasteiger partial charge in [0.25, 0.3) is 0 Å². The normalized spacial score (nSPS) is 11.5. The van der Waals surface area contributed by atoms with Crippen LogP contribution < -0.4 is 5.32 Å². The molecule has 0 fully saturated rings. The first-order chi connectivity index (χ1) is 12.7. The molecular formula is C19H23N7. The highest BCUT2D eigenvalue weighted by atomic mass is 15.3. The van der Waals surface area contributed by atoms with Gasteiger partial charge in [0.1, 0.15) is 16.9 Å². The Labute approximate surface area is 152 Å². The molecule has 4 aromatic rings. The molecule has 0 amide bonds. The average molecular weight is 349 g/mol. The van der Waals surface area contributed by atoms with Gasteiger partial charge in [0.2, 0.25) is 0 Å². The summed E-state index contributed by atoms with van der Waals surface area (Å²) in [6, 6.07) is 8.28. The molecule has 3 heterocycles. The van der Waals surface area contributed by atoms with E-state index in [1.54, 1.807) is 0 Å². The summed E-state index contributed by atoms with van der Waals surface area (Å²) in [7, 11) is 0. The molecule has 134 valence electrons. The van der Waals surface area contributed by atoms with Crippen molar-refractivity contribution < 1.29 is 0 Å². The number of nitrogens with zero attached hydrogens (tertiary/aromatic N) is 6. The topological polar surface area (TPSA) is 73.5 Å². The van der Waals surface area contributed by atoms with Crippen LogP contribution in [0.4, 0.5) is 5.82 Å². The number of aromatic nitrogens is 6. The Morgan fingerprint density at radius 3 is 2.77 bits per heavy atom. The van der Waals surface area contributed by atoms with Gasteiger partial charge in [0.05, 0.1) is 17.4 Å². The number of fused-ring (bicyclic) bond motifs is 2. The molecule has 0 unspecified atom stereocenters. The molecule has 7 nitrogen and oxygen atoms in total. The van der Waals surface area contributed by atoms with Gasteiger partial charge in [-0.2, -0.15) is 10.2 Å². The van der Waals surface area contributed by atoms with Gasteiger partial charge in [0.15, 0.2) is 5.82 Å². The Kier molecular flexibility index (Phi) is 4.28. The molecule has 7 heteroatoms. The third-order valence-electron chi connectivity index (χ3n) is 4.56. The van der Waals surface area contributed by atoms with Crippen molar-refractivity contribution in [3.63, 3.8) is 0 Å². The van der Waals surface area contributed by atoms with Gasteiger partial charge in [-0.3, -0.25) is 9.36 Å². The largest absolute Gasteiger partial charge is 0.368 e. The molecule has 0 aliphatic heterocycles. The molecule has 1 N–H and O–H groups in total. The number of benzene rings is 1. The minimum absolute atomic E-state index is 0.761. The number of rotatable bonds is 6. The maximum atomic E-state index is 4.60. The molecule has 0 atom stereocenters. The van der Waals surface area contributed by atoms with Gasteiger partial charge in [0, 0.05) is 25.0 Å². The van der Waals surface area contributed by atoms with Crippen molar-refractivity contribution in [3.8, 4) is 0 Å². The second kappa shape index (κ2) is 6.74. The van der Waals surface area contributed by atoms with Crippen LogP contribution in [0.3, 0.4) is 0 Å². The Morgan fingerprint density at radius 1 is 1.08 bits per heavy atom. The molecule has 3 aromatic heterocycles. The van der Waals surface area contributed by atoms with Crippen molar-refractivity contribution in [1.29, 1.82) is 0 Å². The van der Waals surface area contributed by atoms with E-state index < -0.39 is 0 Å². The number of aryl methyl sites for hydroxylation is 4. The zero-order chi connectivity index (χ0) is 18.1. The van der Waals surface area contributed by atoms with E-state index in [0.717, 1.165) is 54.4 Å². The Hall–Kier alpha value is -2.96. The number of nitrogens with one attached hydrogen (secondary N) is 1. The highest BCUT2D eigenvalue weighted by molar-refractivity contribution is 5.87. The second-order valence-corrected chi connectivity index (χ2v) is 6.42. The fourth-order valence-corrected chi connectivity index (χ4v) is 3.33. The highest BCUT2D eigenvalue weighted by Gasteiger charge is 2.14. The van der Waals surface area contributed by atoms with Gasteiger partial charge in [-0.25, -0.2) is 9.97 Å². The van der Waals surface area contributed by atoms with Crippen molar-refractivity contribution in [2.75, 3.05) is 11.9 Å². The number of anilines is 1. The molecule has 0 bridgehead atoms. The van der Waals surface area contributed by atoms with Gasteiger partial charge >= 0.3 is 0 Å². The summed E-state index contributed by atoms with van der Waals surface area (Å²) in [4.78, 5) is 9.16. The molecule has 1 aromatic carbocycles. The standard InChI is InChI=1S/C19H23N7/c1-4-25-18-17(13(2)24-25)22-14(3)23-19(18)20-10-7-11-26-16-9-6-5-8-15(16)12-21-26/h5-6,8-9,12H,4,7,10-11H2,1-3H3,(H,20,22,23). The lowest BCUT2D eigenvalue weighted by Crippen LogP contribution is -2.11. The van der Waals surface area contributed by atoms with E-state index in [2.05, 4.69) is 49.2 Å². The van der Waals surface area contributed by atoms with E-state index in [0.29, 0.717) is 0 Å². The smallest absolute Gasteiger partial charge is 0.156 e. The summed E-state index contributed by atoms with van der Waals surface area (Å²) in [5.41, 5.74) is 4.03. The minimum atomic E-state index is 0.761. The Morgan fingerprint density at radius 2 is 1.92 bits per heavy atom. The molecule has 26 heavy (non-hydrogen) atoms. The van der Waals surface area contributed by atoms with Crippen LogP contribution in [0.2, 0.25) is 0 Å². The fourth-order valence-electron chi connectivity index (χ4n) is 3.33. The van der Waals surface area contributed by atoms with E-state index in [-0.39, 0.29) is 0 Å². The number of hydrogen-bond donors (Lipinski definition) is 1. The highest BCUT2D eigenvalue weighted by Crippen LogP contribution is 2.23. The average Bonchev–Trinajstić information content (AvgIpc) is 3.20. The van der Waals surface area contributed by atoms with Crippen molar-refractivity contribution in [3.05, 3.63) is 42.0 Å². The van der Waals surface area contributed by atoms with Crippen LogP contribution in [0.5, 0.6) is 0 Å². The van der Waals surface area contributed by atoms with E-state index >= 15 is 0 Å². The van der Waals surface area contributed by atoms with Crippen LogP contribution in [0.1, 0.15) is 24.9 Å². The van der Waals surface area contributed by atoms with Crippen molar-refractivity contribution in [2.45, 2.75) is 40.3 Å². The molecule has 4 rings (SSSR count). The van der Waals surface area contributed by atoms with E-state index in [9.17, 15) is 0 Å². The molecule has 0 spiro atoms. The van der Waals surface area contributed by atoms with E-state index in [1.165, 1.54) is 10.9 Å². The third kappa shape index (κ3) is 2.89. The lowest BCUT2D eigenvalue weighted by Gasteiger charge is -2.10. The van der Waals surface area contributed by atoms with Crippen LogP contribution >= 0.6 is 0 Å². The summed E-state index contributed by atoms with van der Waals surface area (Å²) >= 11 is 0. The summed E-state index contributed by atoms with van der Waals surface area (Å²) in [5, 5.41) is 13.7. The van der Waals surface area contributed by atoms with E-state index in [4.69, 9.17) is 0 Å². The lowest BCUT2D eigenvalue weighted by molar-refractivity contribution is 0.609. The monoisotopic (exact) mass is 349 g/mol. The van der Waals surface area contributed by atoms with Gasteiger partial charge in [-0.05, 0) is 33.3 Å². The van der Waals surface area contributed by atoms with E-state index in [1.807, 2.05) is 36.9 Å². The van der Waals surface area contributed by atoms with Crippen LogP contribution in [0.25, 0.3) is 21.9 Å². The molecule has 0 aliphatic rings. The van der Waals surface area contributed by atoms with Crippen LogP contribution in [0, 0.1) is 13.8 Å². The van der Waals surface area contributed by atoms with Gasteiger partial charge < -0.3 is 5.32 Å². The van der Waals surface area contributed by atoms with Crippen molar-refractivity contribution in [2.24, 2.45) is 0 Å². The van der Waals surface area contributed by atoms with Gasteiger partial charge in [-0.15, -0.1) is 0 Å². The summed E-state index contributed by atoms with van der Waals surface area (Å²) in [6.45, 7) is 8.47. The van der Waals surface area contributed by atoms with Crippen LogP contribution in [-0.4, -0.2) is 36.1 Å². The van der Waals surface area contributed by atoms with Crippen molar-refractivity contribution >= 4 is 27.8 Å². The van der Waals surface area contributed by atoms with Crippen molar-refractivity contribution in [1.82, 2.24) is 29.5 Å². The van der Waals surface area contributed by atoms with Gasteiger partial charge in [-0.1, -0.05) is 18.2 Å². The maximum Gasteiger partial charge on any atom is 0.156 e. The SMILES string of the molecule is CCn1nc(C)c2nc(C)nc(NCCCn3ncc4ccccc43)c21. The zero-order valence-corrected chi connectivity index (χ0v) is 15.4. The summed E-state index contributed by atoms with van der Waals surface area (Å²) in [5.74, 6) is 1.62. The lowest BCUT2D eigenvalue weighted by atomic mass is 10.2. The second-order valence-electron chi connectivity index (χ2n) is 6.42. The summed E-state index contributed by atoms with van der Waals surface area (Å²) in [6.07, 6.45) is 2.87. The molecule has 0 radical (unpaired) electrons. The first-order valence-corrected chi connectivity index (χ1v) is 9.03. The molecular weight excluding hydrogens is 326 g/mol. The zero-order valence-electron chi connectivity index (χ0n) is 15.4. The third-order valence-corrected chi connectivity index (χ3v) is 4.56. The molecule has 0 aliphatic carbocycles. The number of para-hydroxylation sites is 1. The first-order valence-electron chi connectivity index (χ1n) is 9.03. The summed E-state index contributed by atoms with van der Waals surface area (Å²) < 4.78 is 4.02. The maximum absolute atomic E-state index is 4.60. The molecule has 0 saturated heterocycles.